The van der Waals surface area contributed by atoms with Gasteiger partial charge in [-0.3, -0.25) is 9.59 Å². The van der Waals surface area contributed by atoms with Crippen molar-refractivity contribution in [1.82, 2.24) is 14.8 Å². The van der Waals surface area contributed by atoms with E-state index >= 15 is 0 Å². The molecule has 2 saturated heterocycles. The fraction of sp³-hybridized carbons (Fsp3) is 0.688. The summed E-state index contributed by atoms with van der Waals surface area (Å²) >= 11 is 1.61. The number of likely N-dealkylation sites (tertiary alicyclic amines) is 2. The summed E-state index contributed by atoms with van der Waals surface area (Å²) in [5, 5.41) is 2.97. The molecule has 2 aliphatic heterocycles. The first-order valence-electron chi connectivity index (χ1n) is 8.17. The first kappa shape index (κ1) is 16.4. The van der Waals surface area contributed by atoms with Gasteiger partial charge in [-0.25, -0.2) is 4.98 Å². The molecule has 0 unspecified atom stereocenters. The highest BCUT2D eigenvalue weighted by atomic mass is 32.1. The van der Waals surface area contributed by atoms with E-state index in [9.17, 15) is 9.59 Å². The maximum atomic E-state index is 13.0. The van der Waals surface area contributed by atoms with E-state index in [1.54, 1.807) is 29.5 Å². The van der Waals surface area contributed by atoms with Crippen molar-refractivity contribution in [2.75, 3.05) is 33.4 Å². The Labute approximate surface area is 140 Å². The molecule has 2 atom stereocenters. The van der Waals surface area contributed by atoms with Crippen LogP contribution in [0.25, 0.3) is 0 Å². The zero-order valence-corrected chi connectivity index (χ0v) is 14.3. The van der Waals surface area contributed by atoms with Crippen LogP contribution in [0.3, 0.4) is 0 Å². The molecule has 6 nitrogen and oxygen atoms in total. The van der Waals surface area contributed by atoms with Gasteiger partial charge in [0, 0.05) is 44.7 Å². The van der Waals surface area contributed by atoms with Crippen molar-refractivity contribution in [2.45, 2.75) is 31.7 Å². The van der Waals surface area contributed by atoms with Crippen LogP contribution in [0.1, 0.15) is 36.7 Å². The van der Waals surface area contributed by atoms with E-state index in [0.717, 1.165) is 30.8 Å². The molecule has 0 aliphatic carbocycles. The SMILES string of the molecule is COCCN1C[C@H](C(=O)N2CCCC[C@@H]2c2nccs2)CC1=O. The lowest BCUT2D eigenvalue weighted by Gasteiger charge is -2.36. The number of rotatable bonds is 5. The van der Waals surface area contributed by atoms with Gasteiger partial charge in [-0.05, 0) is 19.3 Å². The summed E-state index contributed by atoms with van der Waals surface area (Å²) in [6.45, 7) is 2.36. The predicted octanol–water partition coefficient (Wildman–Crippen LogP) is 1.69. The largest absolute Gasteiger partial charge is 0.383 e. The van der Waals surface area contributed by atoms with Crippen molar-refractivity contribution in [3.63, 3.8) is 0 Å². The minimum absolute atomic E-state index is 0.0585. The number of thiazole rings is 1. The molecule has 1 aromatic rings. The molecule has 0 saturated carbocycles. The molecule has 1 aromatic heterocycles. The summed E-state index contributed by atoms with van der Waals surface area (Å²) in [6.07, 6.45) is 5.24. The van der Waals surface area contributed by atoms with Gasteiger partial charge in [-0.2, -0.15) is 0 Å². The fourth-order valence-corrected chi connectivity index (χ4v) is 4.23. The number of methoxy groups -OCH3 is 1. The topological polar surface area (TPSA) is 62.7 Å². The first-order valence-corrected chi connectivity index (χ1v) is 9.05. The summed E-state index contributed by atoms with van der Waals surface area (Å²) in [5.41, 5.74) is 0. The minimum Gasteiger partial charge on any atom is -0.383 e. The van der Waals surface area contributed by atoms with Crippen molar-refractivity contribution in [1.29, 1.82) is 0 Å². The highest BCUT2D eigenvalue weighted by Crippen LogP contribution is 2.34. The second-order valence-electron chi connectivity index (χ2n) is 6.15. The summed E-state index contributed by atoms with van der Waals surface area (Å²) in [4.78, 5) is 33.1. The highest BCUT2D eigenvalue weighted by Gasteiger charge is 2.39. The van der Waals surface area contributed by atoms with Crippen molar-refractivity contribution in [3.05, 3.63) is 16.6 Å². The van der Waals surface area contributed by atoms with Crippen LogP contribution in [0.2, 0.25) is 0 Å². The van der Waals surface area contributed by atoms with Crippen molar-refractivity contribution < 1.29 is 14.3 Å². The van der Waals surface area contributed by atoms with E-state index in [1.165, 1.54) is 0 Å². The second kappa shape index (κ2) is 7.40. The lowest BCUT2D eigenvalue weighted by atomic mass is 9.99. The smallest absolute Gasteiger partial charge is 0.228 e. The van der Waals surface area contributed by atoms with Crippen molar-refractivity contribution >= 4 is 23.2 Å². The Morgan fingerprint density at radius 1 is 1.48 bits per heavy atom. The van der Waals surface area contributed by atoms with Gasteiger partial charge in [0.15, 0.2) is 0 Å². The first-order chi connectivity index (χ1) is 11.2. The number of nitrogens with zero attached hydrogens (tertiary/aromatic N) is 3. The van der Waals surface area contributed by atoms with Gasteiger partial charge in [0.05, 0.1) is 18.6 Å². The molecule has 0 aromatic carbocycles. The molecule has 0 N–H and O–H groups in total. The summed E-state index contributed by atoms with van der Waals surface area (Å²) in [5.74, 6) is -0.0544. The van der Waals surface area contributed by atoms with Crippen LogP contribution in [0.5, 0.6) is 0 Å². The Balaban J connectivity index is 1.68. The Hall–Kier alpha value is -1.47. The highest BCUT2D eigenvalue weighted by molar-refractivity contribution is 7.09. The Morgan fingerprint density at radius 3 is 3.09 bits per heavy atom. The number of aromatic nitrogens is 1. The van der Waals surface area contributed by atoms with E-state index in [-0.39, 0.29) is 23.8 Å². The Bertz CT molecular complexity index is 549. The maximum Gasteiger partial charge on any atom is 0.228 e. The molecule has 2 fully saturated rings. The molecule has 126 valence electrons. The third-order valence-electron chi connectivity index (χ3n) is 4.65. The molecule has 0 radical (unpaired) electrons. The van der Waals surface area contributed by atoms with Crippen LogP contribution < -0.4 is 0 Å². The fourth-order valence-electron chi connectivity index (χ4n) is 3.44. The normalized spacial score (nSPS) is 25.2. The van der Waals surface area contributed by atoms with Gasteiger partial charge in [-0.15, -0.1) is 11.3 Å². The monoisotopic (exact) mass is 337 g/mol. The van der Waals surface area contributed by atoms with E-state index in [1.807, 2.05) is 10.3 Å². The van der Waals surface area contributed by atoms with Crippen LogP contribution in [0, 0.1) is 5.92 Å². The molecule has 0 bridgehead atoms. The van der Waals surface area contributed by atoms with Crippen molar-refractivity contribution in [3.8, 4) is 0 Å². The van der Waals surface area contributed by atoms with Gasteiger partial charge in [0.1, 0.15) is 5.01 Å². The van der Waals surface area contributed by atoms with Crippen molar-refractivity contribution in [2.24, 2.45) is 5.92 Å². The van der Waals surface area contributed by atoms with Gasteiger partial charge < -0.3 is 14.5 Å². The third kappa shape index (κ3) is 3.55. The second-order valence-corrected chi connectivity index (χ2v) is 7.07. The predicted molar refractivity (Wildman–Crippen MR) is 87.0 cm³/mol. The molecular weight excluding hydrogens is 314 g/mol. The van der Waals surface area contributed by atoms with Crippen LogP contribution >= 0.6 is 11.3 Å². The molecule has 23 heavy (non-hydrogen) atoms. The number of carbonyl (C=O) groups excluding carboxylic acids is 2. The van der Waals surface area contributed by atoms with Gasteiger partial charge >= 0.3 is 0 Å². The summed E-state index contributed by atoms with van der Waals surface area (Å²) < 4.78 is 5.03. The Kier molecular flexibility index (Phi) is 5.27. The minimum atomic E-state index is -0.222. The van der Waals surface area contributed by atoms with E-state index in [4.69, 9.17) is 4.74 Å². The molecule has 0 spiro atoms. The summed E-state index contributed by atoms with van der Waals surface area (Å²) in [7, 11) is 1.62. The van der Waals surface area contributed by atoms with E-state index in [0.29, 0.717) is 26.1 Å². The molecule has 2 amide bonds. The molecule has 3 rings (SSSR count). The van der Waals surface area contributed by atoms with Gasteiger partial charge in [0.2, 0.25) is 11.8 Å². The zero-order valence-electron chi connectivity index (χ0n) is 13.4. The molecule has 7 heteroatoms. The van der Waals surface area contributed by atoms with E-state index in [2.05, 4.69) is 4.98 Å². The lowest BCUT2D eigenvalue weighted by Crippen LogP contribution is -2.42. The number of hydrogen-bond acceptors (Lipinski definition) is 5. The maximum absolute atomic E-state index is 13.0. The standard InChI is InChI=1S/C16H23N3O3S/c1-22-8-7-18-11-12(10-14(18)20)16(21)19-6-3-2-4-13(19)15-17-5-9-23-15/h5,9,12-13H,2-4,6-8,10-11H2,1H3/t12-,13-/m1/s1. The van der Waals surface area contributed by atoms with Crippen LogP contribution in [0.15, 0.2) is 11.6 Å². The van der Waals surface area contributed by atoms with Crippen LogP contribution in [-0.4, -0.2) is 59.9 Å². The van der Waals surface area contributed by atoms with Gasteiger partial charge in [0.25, 0.3) is 0 Å². The van der Waals surface area contributed by atoms with Crippen LogP contribution in [-0.2, 0) is 14.3 Å². The quantitative estimate of drug-likeness (QED) is 0.820. The average Bonchev–Trinajstić information content (AvgIpc) is 3.22. The number of carbonyl (C=O) groups is 2. The molecular formula is C16H23N3O3S. The van der Waals surface area contributed by atoms with Crippen LogP contribution in [0.4, 0.5) is 0 Å². The number of amides is 2. The summed E-state index contributed by atoms with van der Waals surface area (Å²) in [6, 6.07) is 0.0828. The third-order valence-corrected chi connectivity index (χ3v) is 5.53. The average molecular weight is 337 g/mol. The molecule has 2 aliphatic rings. The van der Waals surface area contributed by atoms with Gasteiger partial charge in [-0.1, -0.05) is 0 Å². The zero-order chi connectivity index (χ0) is 16.2. The number of hydrogen-bond donors (Lipinski definition) is 0. The number of ether oxygens (including phenoxy) is 1. The number of piperidine rings is 1. The van der Waals surface area contributed by atoms with E-state index < -0.39 is 0 Å². The Morgan fingerprint density at radius 2 is 2.35 bits per heavy atom. The molecule has 3 heterocycles. The lowest BCUT2D eigenvalue weighted by molar-refractivity contribution is -0.139.